The smallest absolute Gasteiger partial charge is 0.290 e. The zero-order valence-corrected chi connectivity index (χ0v) is 16.2. The lowest BCUT2D eigenvalue weighted by atomic mass is 10.0. The molecular weight excluding hydrogens is 392 g/mol. The van der Waals surface area contributed by atoms with Crippen LogP contribution in [-0.2, 0) is 11.2 Å². The van der Waals surface area contributed by atoms with Crippen LogP contribution in [0.5, 0.6) is 0 Å². The number of carbonyl (C=O) groups excluding carboxylic acids is 3. The van der Waals surface area contributed by atoms with Crippen molar-refractivity contribution in [3.05, 3.63) is 70.1 Å². The number of furan rings is 1. The van der Waals surface area contributed by atoms with Gasteiger partial charge in [-0.2, -0.15) is 0 Å². The van der Waals surface area contributed by atoms with Gasteiger partial charge in [0.25, 0.3) is 17.0 Å². The average Bonchev–Trinajstić information content (AvgIpc) is 3.42. The topological polar surface area (TPSA) is 102 Å². The first kappa shape index (κ1) is 18.9. The maximum Gasteiger partial charge on any atom is 0.290 e. The number of hydrogen-bond acceptors (Lipinski definition) is 7. The van der Waals surface area contributed by atoms with E-state index >= 15 is 0 Å². The molecular formula is C21H16N2O5S. The molecule has 1 saturated heterocycles. The van der Waals surface area contributed by atoms with Crippen molar-refractivity contribution in [2.45, 2.75) is 19.8 Å². The van der Waals surface area contributed by atoms with Crippen LogP contribution in [0, 0.1) is 6.92 Å². The third kappa shape index (κ3) is 4.22. The molecule has 8 heteroatoms. The van der Waals surface area contributed by atoms with Crippen LogP contribution in [0.4, 0.5) is 4.79 Å². The van der Waals surface area contributed by atoms with E-state index in [1.54, 1.807) is 48.7 Å². The lowest BCUT2D eigenvalue weighted by Crippen LogP contribution is -2.17. The van der Waals surface area contributed by atoms with Gasteiger partial charge in [0, 0.05) is 18.4 Å². The molecule has 0 saturated carbocycles. The van der Waals surface area contributed by atoms with Gasteiger partial charge < -0.3 is 8.83 Å². The minimum atomic E-state index is -0.406. The molecule has 0 bridgehead atoms. The van der Waals surface area contributed by atoms with Gasteiger partial charge in [0.1, 0.15) is 5.76 Å². The van der Waals surface area contributed by atoms with Gasteiger partial charge in [0.2, 0.25) is 0 Å². The van der Waals surface area contributed by atoms with Gasteiger partial charge in [-0.3, -0.25) is 19.7 Å². The summed E-state index contributed by atoms with van der Waals surface area (Å²) in [4.78, 5) is 40.1. The van der Waals surface area contributed by atoms with E-state index in [2.05, 4.69) is 10.3 Å². The number of aromatic nitrogens is 1. The summed E-state index contributed by atoms with van der Waals surface area (Å²) in [6.45, 7) is 1.81. The number of hydrogen-bond donors (Lipinski definition) is 1. The molecule has 3 heterocycles. The number of thioether (sulfide) groups is 1. The summed E-state index contributed by atoms with van der Waals surface area (Å²) in [5, 5.41) is 1.82. The van der Waals surface area contributed by atoms with Gasteiger partial charge in [0.15, 0.2) is 11.5 Å². The molecule has 29 heavy (non-hydrogen) atoms. The van der Waals surface area contributed by atoms with Crippen LogP contribution in [-0.4, -0.2) is 21.9 Å². The molecule has 2 amide bonds. The first-order chi connectivity index (χ1) is 14.0. The number of nitrogens with zero attached hydrogens (tertiary/aromatic N) is 1. The summed E-state index contributed by atoms with van der Waals surface area (Å²) in [6, 6.07) is 10.4. The van der Waals surface area contributed by atoms with Crippen LogP contribution in [0.15, 0.2) is 56.4 Å². The quantitative estimate of drug-likeness (QED) is 0.477. The summed E-state index contributed by atoms with van der Waals surface area (Å²) in [6.07, 6.45) is 3.92. The molecule has 0 atom stereocenters. The first-order valence-corrected chi connectivity index (χ1v) is 9.69. The SMILES string of the molecule is Cc1oc(-c2ccco2)nc1CCC(=O)c1ccc(/C=C2/SC(=O)NC2=O)cc1. The lowest BCUT2D eigenvalue weighted by Gasteiger charge is -2.02. The molecule has 0 radical (unpaired) electrons. The molecule has 4 rings (SSSR count). The van der Waals surface area contributed by atoms with Crippen LogP contribution in [0.1, 0.15) is 33.8 Å². The molecule has 1 fully saturated rings. The fourth-order valence-electron chi connectivity index (χ4n) is 2.88. The number of amides is 2. The van der Waals surface area contributed by atoms with Crippen molar-refractivity contribution < 1.29 is 23.2 Å². The number of carbonyl (C=O) groups is 3. The summed E-state index contributed by atoms with van der Waals surface area (Å²) in [5.41, 5.74) is 2.03. The summed E-state index contributed by atoms with van der Waals surface area (Å²) < 4.78 is 10.9. The maximum atomic E-state index is 12.5. The Morgan fingerprint density at radius 3 is 2.66 bits per heavy atom. The van der Waals surface area contributed by atoms with Crippen LogP contribution in [0.3, 0.4) is 0 Å². The highest BCUT2D eigenvalue weighted by atomic mass is 32.2. The predicted molar refractivity (Wildman–Crippen MR) is 107 cm³/mol. The molecule has 146 valence electrons. The second-order valence-corrected chi connectivity index (χ2v) is 7.41. The number of ketones is 1. The van der Waals surface area contributed by atoms with E-state index in [0.717, 1.165) is 23.0 Å². The van der Waals surface area contributed by atoms with Gasteiger partial charge in [-0.15, -0.1) is 0 Å². The van der Waals surface area contributed by atoms with Crippen molar-refractivity contribution in [3.8, 4) is 11.7 Å². The van der Waals surface area contributed by atoms with Gasteiger partial charge in [-0.25, -0.2) is 4.98 Å². The van der Waals surface area contributed by atoms with E-state index in [9.17, 15) is 14.4 Å². The summed E-state index contributed by atoms with van der Waals surface area (Å²) in [5.74, 6) is 1.19. The highest BCUT2D eigenvalue weighted by Crippen LogP contribution is 2.26. The highest BCUT2D eigenvalue weighted by molar-refractivity contribution is 8.18. The lowest BCUT2D eigenvalue weighted by molar-refractivity contribution is -0.115. The van der Waals surface area contributed by atoms with Crippen molar-refractivity contribution in [2.24, 2.45) is 0 Å². The normalized spacial score (nSPS) is 15.1. The Kier molecular flexibility index (Phi) is 5.18. The first-order valence-electron chi connectivity index (χ1n) is 8.88. The Balaban J connectivity index is 1.40. The number of oxazole rings is 1. The Labute approximate surface area is 170 Å². The molecule has 0 unspecified atom stereocenters. The second-order valence-electron chi connectivity index (χ2n) is 6.40. The molecule has 0 aliphatic carbocycles. The molecule has 1 N–H and O–H groups in total. The zero-order chi connectivity index (χ0) is 20.4. The van der Waals surface area contributed by atoms with Gasteiger partial charge in [-0.1, -0.05) is 24.3 Å². The third-order valence-corrected chi connectivity index (χ3v) is 5.20. The fraction of sp³-hybridized carbons (Fsp3) is 0.143. The van der Waals surface area contributed by atoms with Crippen molar-refractivity contribution in [1.82, 2.24) is 10.3 Å². The number of nitrogens with one attached hydrogen (secondary N) is 1. The number of aryl methyl sites for hydroxylation is 2. The van der Waals surface area contributed by atoms with Crippen LogP contribution < -0.4 is 5.32 Å². The monoisotopic (exact) mass is 408 g/mol. The predicted octanol–water partition coefficient (Wildman–Crippen LogP) is 4.38. The van der Waals surface area contributed by atoms with Crippen molar-refractivity contribution in [2.75, 3.05) is 0 Å². The molecule has 0 spiro atoms. The number of rotatable bonds is 6. The third-order valence-electron chi connectivity index (χ3n) is 4.39. The van der Waals surface area contributed by atoms with Gasteiger partial charge in [0.05, 0.1) is 16.9 Å². The van der Waals surface area contributed by atoms with Crippen LogP contribution >= 0.6 is 11.8 Å². The van der Waals surface area contributed by atoms with E-state index in [1.165, 1.54) is 0 Å². The largest absolute Gasteiger partial charge is 0.459 e. The van der Waals surface area contributed by atoms with Crippen LogP contribution in [0.25, 0.3) is 17.7 Å². The van der Waals surface area contributed by atoms with E-state index in [1.807, 2.05) is 6.92 Å². The minimum Gasteiger partial charge on any atom is -0.459 e. The Hall–Kier alpha value is -3.39. The maximum absolute atomic E-state index is 12.5. The fourth-order valence-corrected chi connectivity index (χ4v) is 3.56. The highest BCUT2D eigenvalue weighted by Gasteiger charge is 2.24. The molecule has 1 aliphatic rings. The van der Waals surface area contributed by atoms with E-state index in [-0.39, 0.29) is 17.4 Å². The van der Waals surface area contributed by atoms with Crippen molar-refractivity contribution in [3.63, 3.8) is 0 Å². The van der Waals surface area contributed by atoms with Crippen molar-refractivity contribution >= 4 is 34.8 Å². The molecule has 2 aromatic heterocycles. The van der Waals surface area contributed by atoms with Gasteiger partial charge in [-0.05, 0) is 42.5 Å². The Morgan fingerprint density at radius 2 is 2.00 bits per heavy atom. The van der Waals surface area contributed by atoms with E-state index in [4.69, 9.17) is 8.83 Å². The molecule has 1 aromatic carbocycles. The Bertz CT molecular complexity index is 1110. The number of imide groups is 1. The van der Waals surface area contributed by atoms with Crippen molar-refractivity contribution in [1.29, 1.82) is 0 Å². The molecule has 1 aliphatic heterocycles. The zero-order valence-electron chi connectivity index (χ0n) is 15.4. The summed E-state index contributed by atoms with van der Waals surface area (Å²) >= 11 is 0.859. The number of Topliss-reactive ketones (excluding diaryl/α,β-unsaturated/α-hetero) is 1. The molecule has 7 nitrogen and oxygen atoms in total. The van der Waals surface area contributed by atoms with Crippen LogP contribution in [0.2, 0.25) is 0 Å². The van der Waals surface area contributed by atoms with E-state index < -0.39 is 5.91 Å². The standard InChI is InChI=1S/C21H16N2O5S/c1-12-15(22-20(28-12)17-3-2-10-27-17)8-9-16(24)14-6-4-13(5-7-14)11-18-19(25)23-21(26)29-18/h2-7,10-11H,8-9H2,1H3,(H,23,25,26)/b18-11+. The second kappa shape index (κ2) is 7.92. The minimum absolute atomic E-state index is 0.0192. The van der Waals surface area contributed by atoms with E-state index in [0.29, 0.717) is 34.3 Å². The average molecular weight is 408 g/mol. The Morgan fingerprint density at radius 1 is 1.21 bits per heavy atom. The van der Waals surface area contributed by atoms with Gasteiger partial charge >= 0.3 is 0 Å². The molecule has 3 aromatic rings. The number of benzene rings is 1. The summed E-state index contributed by atoms with van der Waals surface area (Å²) in [7, 11) is 0.